The van der Waals surface area contributed by atoms with Gasteiger partial charge in [0.15, 0.2) is 0 Å². The quantitative estimate of drug-likeness (QED) is 0.877. The first kappa shape index (κ1) is 11.4. The minimum Gasteiger partial charge on any atom is -0.480 e. The van der Waals surface area contributed by atoms with Crippen LogP contribution in [0.4, 0.5) is 5.69 Å². The zero-order valence-electron chi connectivity index (χ0n) is 9.84. The number of likely N-dealkylation sites (N-methyl/N-ethyl adjacent to an activating group) is 1. The number of nitrogens with zero attached hydrogens (tertiary/aromatic N) is 2. The molecule has 1 heterocycles. The van der Waals surface area contributed by atoms with Crippen LogP contribution in [0.25, 0.3) is 10.9 Å². The second kappa shape index (κ2) is 4.41. The third-order valence-corrected chi connectivity index (χ3v) is 2.74. The topological polar surface area (TPSA) is 53.4 Å². The molecule has 0 aliphatic rings. The van der Waals surface area contributed by atoms with Crippen molar-refractivity contribution in [1.29, 1.82) is 0 Å². The molecular weight excluding hydrogens is 216 g/mol. The van der Waals surface area contributed by atoms with Crippen LogP contribution in [0.5, 0.6) is 0 Å². The minimum atomic E-state index is -0.842. The van der Waals surface area contributed by atoms with Gasteiger partial charge in [-0.3, -0.25) is 9.78 Å². The van der Waals surface area contributed by atoms with E-state index in [1.54, 1.807) is 18.1 Å². The summed E-state index contributed by atoms with van der Waals surface area (Å²) in [4.78, 5) is 16.8. The van der Waals surface area contributed by atoms with E-state index >= 15 is 0 Å². The van der Waals surface area contributed by atoms with E-state index < -0.39 is 5.97 Å². The number of hydrogen-bond acceptors (Lipinski definition) is 3. The van der Waals surface area contributed by atoms with Gasteiger partial charge in [-0.2, -0.15) is 0 Å². The largest absolute Gasteiger partial charge is 0.480 e. The summed E-state index contributed by atoms with van der Waals surface area (Å²) in [5.41, 5.74) is 2.89. The van der Waals surface area contributed by atoms with Crippen LogP contribution in [-0.2, 0) is 4.79 Å². The Kier molecular flexibility index (Phi) is 2.95. The molecule has 0 atom stereocenters. The number of pyridine rings is 1. The lowest BCUT2D eigenvalue weighted by Gasteiger charge is -2.19. The highest BCUT2D eigenvalue weighted by Crippen LogP contribution is 2.27. The van der Waals surface area contributed by atoms with Crippen molar-refractivity contribution in [2.45, 2.75) is 6.92 Å². The molecule has 0 saturated heterocycles. The van der Waals surface area contributed by atoms with E-state index in [0.29, 0.717) is 0 Å². The summed E-state index contributed by atoms with van der Waals surface area (Å²) in [5, 5.41) is 9.84. The molecule has 2 rings (SSSR count). The highest BCUT2D eigenvalue weighted by molar-refractivity contribution is 5.95. The SMILES string of the molecule is Cc1ccnc2cccc(N(C)CC(=O)O)c12. The van der Waals surface area contributed by atoms with Crippen molar-refractivity contribution in [1.82, 2.24) is 4.98 Å². The van der Waals surface area contributed by atoms with Crippen molar-refractivity contribution in [2.75, 3.05) is 18.5 Å². The number of carboxylic acids is 1. The van der Waals surface area contributed by atoms with Crippen LogP contribution < -0.4 is 4.90 Å². The van der Waals surface area contributed by atoms with Crippen molar-refractivity contribution in [3.63, 3.8) is 0 Å². The molecule has 4 nitrogen and oxygen atoms in total. The monoisotopic (exact) mass is 230 g/mol. The molecule has 0 aliphatic carbocycles. The molecule has 1 N–H and O–H groups in total. The third kappa shape index (κ3) is 2.20. The number of hydrogen-bond donors (Lipinski definition) is 1. The molecule has 0 aliphatic heterocycles. The molecule has 0 unspecified atom stereocenters. The van der Waals surface area contributed by atoms with Crippen LogP contribution in [0.1, 0.15) is 5.56 Å². The van der Waals surface area contributed by atoms with Gasteiger partial charge in [-0.1, -0.05) is 6.07 Å². The number of anilines is 1. The molecule has 0 spiro atoms. The van der Waals surface area contributed by atoms with Crippen LogP contribution >= 0.6 is 0 Å². The average molecular weight is 230 g/mol. The maximum Gasteiger partial charge on any atom is 0.323 e. The van der Waals surface area contributed by atoms with Gasteiger partial charge in [-0.05, 0) is 30.7 Å². The molecule has 88 valence electrons. The predicted molar refractivity (Wildman–Crippen MR) is 67.4 cm³/mol. The van der Waals surface area contributed by atoms with Crippen LogP contribution in [0.2, 0.25) is 0 Å². The number of aryl methyl sites for hydroxylation is 1. The predicted octanol–water partition coefficient (Wildman–Crippen LogP) is 2.06. The lowest BCUT2D eigenvalue weighted by molar-refractivity contribution is -0.135. The van der Waals surface area contributed by atoms with Crippen molar-refractivity contribution in [3.05, 3.63) is 36.0 Å². The van der Waals surface area contributed by atoms with Gasteiger partial charge in [-0.15, -0.1) is 0 Å². The number of aromatic nitrogens is 1. The van der Waals surface area contributed by atoms with Crippen LogP contribution in [0.15, 0.2) is 30.5 Å². The lowest BCUT2D eigenvalue weighted by atomic mass is 10.1. The number of carbonyl (C=O) groups is 1. The normalized spacial score (nSPS) is 10.5. The van der Waals surface area contributed by atoms with Gasteiger partial charge < -0.3 is 10.0 Å². The molecule has 0 fully saturated rings. The maximum absolute atomic E-state index is 10.7. The highest BCUT2D eigenvalue weighted by atomic mass is 16.4. The Balaban J connectivity index is 2.57. The van der Waals surface area contributed by atoms with E-state index in [4.69, 9.17) is 5.11 Å². The van der Waals surface area contributed by atoms with E-state index in [9.17, 15) is 4.79 Å². The number of carboxylic acid groups (broad SMARTS) is 1. The van der Waals surface area contributed by atoms with Gasteiger partial charge in [0.2, 0.25) is 0 Å². The van der Waals surface area contributed by atoms with Gasteiger partial charge in [0.1, 0.15) is 6.54 Å². The van der Waals surface area contributed by atoms with Gasteiger partial charge in [0.25, 0.3) is 0 Å². The Morgan fingerprint density at radius 1 is 1.41 bits per heavy atom. The van der Waals surface area contributed by atoms with Gasteiger partial charge >= 0.3 is 5.97 Å². The molecule has 0 saturated carbocycles. The molecule has 1 aromatic carbocycles. The first-order chi connectivity index (χ1) is 8.09. The van der Waals surface area contributed by atoms with Gasteiger partial charge in [-0.25, -0.2) is 0 Å². The first-order valence-electron chi connectivity index (χ1n) is 5.37. The molecule has 4 heteroatoms. The minimum absolute atomic E-state index is 0.0204. The van der Waals surface area contributed by atoms with Crippen LogP contribution in [-0.4, -0.2) is 29.7 Å². The Morgan fingerprint density at radius 2 is 2.18 bits per heavy atom. The smallest absolute Gasteiger partial charge is 0.323 e. The fourth-order valence-corrected chi connectivity index (χ4v) is 1.96. The summed E-state index contributed by atoms with van der Waals surface area (Å²) < 4.78 is 0. The molecule has 0 bridgehead atoms. The van der Waals surface area contributed by atoms with E-state index in [0.717, 1.165) is 22.2 Å². The Hall–Kier alpha value is -2.10. The number of aliphatic carboxylic acids is 1. The average Bonchev–Trinajstić information content (AvgIpc) is 2.28. The zero-order chi connectivity index (χ0) is 12.4. The summed E-state index contributed by atoms with van der Waals surface area (Å²) >= 11 is 0. The molecule has 17 heavy (non-hydrogen) atoms. The second-order valence-corrected chi connectivity index (χ2v) is 4.05. The van der Waals surface area contributed by atoms with E-state index in [1.807, 2.05) is 31.2 Å². The third-order valence-electron chi connectivity index (χ3n) is 2.74. The maximum atomic E-state index is 10.7. The molecule has 2 aromatic rings. The lowest BCUT2D eigenvalue weighted by Crippen LogP contribution is -2.25. The molecule has 0 amide bonds. The number of rotatable bonds is 3. The van der Waals surface area contributed by atoms with Crippen molar-refractivity contribution in [2.24, 2.45) is 0 Å². The van der Waals surface area contributed by atoms with Crippen molar-refractivity contribution in [3.8, 4) is 0 Å². The summed E-state index contributed by atoms with van der Waals surface area (Å²) in [6, 6.07) is 7.67. The second-order valence-electron chi connectivity index (χ2n) is 4.05. The highest BCUT2D eigenvalue weighted by Gasteiger charge is 2.10. The summed E-state index contributed by atoms with van der Waals surface area (Å²) in [6.45, 7) is 1.98. The summed E-state index contributed by atoms with van der Waals surface area (Å²) in [5.74, 6) is -0.842. The standard InChI is InChI=1S/C13H14N2O2/c1-9-6-7-14-10-4-3-5-11(13(9)10)15(2)8-12(16)17/h3-7H,8H2,1-2H3,(H,16,17). The van der Waals surface area contributed by atoms with Crippen molar-refractivity contribution >= 4 is 22.6 Å². The van der Waals surface area contributed by atoms with Crippen LogP contribution in [0.3, 0.4) is 0 Å². The van der Waals surface area contributed by atoms with Gasteiger partial charge in [0.05, 0.1) is 5.52 Å². The summed E-state index contributed by atoms with van der Waals surface area (Å²) in [6.07, 6.45) is 1.76. The number of benzene rings is 1. The first-order valence-corrected chi connectivity index (χ1v) is 5.37. The zero-order valence-corrected chi connectivity index (χ0v) is 9.84. The van der Waals surface area contributed by atoms with E-state index in [1.165, 1.54) is 0 Å². The van der Waals surface area contributed by atoms with E-state index in [2.05, 4.69) is 4.98 Å². The Morgan fingerprint density at radius 3 is 2.88 bits per heavy atom. The molecular formula is C13H14N2O2. The Labute approximate surface area is 99.5 Å². The fourth-order valence-electron chi connectivity index (χ4n) is 1.96. The van der Waals surface area contributed by atoms with Crippen molar-refractivity contribution < 1.29 is 9.90 Å². The number of fused-ring (bicyclic) bond motifs is 1. The van der Waals surface area contributed by atoms with E-state index in [-0.39, 0.29) is 6.54 Å². The molecule has 0 radical (unpaired) electrons. The Bertz CT molecular complexity index is 561. The van der Waals surface area contributed by atoms with Crippen LogP contribution in [0, 0.1) is 6.92 Å². The fraction of sp³-hybridized carbons (Fsp3) is 0.231. The molecule has 1 aromatic heterocycles. The van der Waals surface area contributed by atoms with Gasteiger partial charge in [0, 0.05) is 24.3 Å². The summed E-state index contributed by atoms with van der Waals surface area (Å²) in [7, 11) is 1.77.